The number of fused-ring (bicyclic) bond motifs is 1. The normalized spacial score (nSPS) is 11.7. The van der Waals surface area contributed by atoms with Crippen molar-refractivity contribution in [2.45, 2.75) is 26.8 Å². The Labute approximate surface area is 163 Å². The molecule has 1 heterocycles. The molecule has 0 unspecified atom stereocenters. The van der Waals surface area contributed by atoms with Crippen molar-refractivity contribution < 1.29 is 14.3 Å². The van der Waals surface area contributed by atoms with Gasteiger partial charge in [-0.05, 0) is 43.7 Å². The van der Waals surface area contributed by atoms with Crippen LogP contribution in [-0.4, -0.2) is 23.4 Å². The topological polar surface area (TPSA) is 80.3 Å². The van der Waals surface area contributed by atoms with Crippen molar-refractivity contribution in [1.82, 2.24) is 10.3 Å². The lowest BCUT2D eigenvalue weighted by molar-refractivity contribution is -0.114. The Kier molecular flexibility index (Phi) is 5.89. The first kappa shape index (κ1) is 19.4. The second-order valence-electron chi connectivity index (χ2n) is 6.44. The van der Waals surface area contributed by atoms with Crippen LogP contribution >= 0.6 is 0 Å². The van der Waals surface area contributed by atoms with Gasteiger partial charge in [0.1, 0.15) is 5.75 Å². The number of nitrogens with one attached hydrogen (secondary N) is 2. The molecule has 0 fully saturated rings. The number of carbonyl (C=O) groups excluding carboxylic acids is 2. The van der Waals surface area contributed by atoms with Crippen LogP contribution in [0.3, 0.4) is 0 Å². The quantitative estimate of drug-likeness (QED) is 0.678. The van der Waals surface area contributed by atoms with Crippen LogP contribution < -0.4 is 15.4 Å². The van der Waals surface area contributed by atoms with Gasteiger partial charge in [0.2, 0.25) is 5.91 Å². The summed E-state index contributed by atoms with van der Waals surface area (Å²) in [6.07, 6.45) is 1.57. The van der Waals surface area contributed by atoms with E-state index in [2.05, 4.69) is 15.6 Å². The molecule has 3 rings (SSSR count). The van der Waals surface area contributed by atoms with E-state index < -0.39 is 0 Å². The lowest BCUT2D eigenvalue weighted by Gasteiger charge is -2.16. The number of aromatic nitrogens is 1. The van der Waals surface area contributed by atoms with E-state index in [0.29, 0.717) is 28.8 Å². The Bertz CT molecular complexity index is 1000. The highest BCUT2D eigenvalue weighted by atomic mass is 16.5. The van der Waals surface area contributed by atoms with Gasteiger partial charge in [0.25, 0.3) is 5.91 Å². The van der Waals surface area contributed by atoms with Crippen LogP contribution in [0.5, 0.6) is 5.75 Å². The summed E-state index contributed by atoms with van der Waals surface area (Å²) in [7, 11) is 0. The molecular formula is C22H23N3O3. The lowest BCUT2D eigenvalue weighted by Crippen LogP contribution is -2.27. The molecular weight excluding hydrogens is 354 g/mol. The number of rotatable bonds is 6. The van der Waals surface area contributed by atoms with E-state index in [0.717, 1.165) is 11.3 Å². The zero-order valence-electron chi connectivity index (χ0n) is 16.2. The summed E-state index contributed by atoms with van der Waals surface area (Å²) in [5.41, 5.74) is 2.65. The van der Waals surface area contributed by atoms with Crippen molar-refractivity contribution in [2.75, 3.05) is 11.9 Å². The Hall–Kier alpha value is -3.41. The average Bonchev–Trinajstić information content (AvgIpc) is 2.68. The first-order valence-corrected chi connectivity index (χ1v) is 9.18. The minimum Gasteiger partial charge on any atom is -0.494 e. The molecule has 2 N–H and O–H groups in total. The molecule has 0 bridgehead atoms. The Balaban J connectivity index is 1.84. The predicted molar refractivity (Wildman–Crippen MR) is 110 cm³/mol. The van der Waals surface area contributed by atoms with E-state index in [4.69, 9.17) is 4.74 Å². The van der Waals surface area contributed by atoms with Gasteiger partial charge in [-0.15, -0.1) is 0 Å². The Morgan fingerprint density at radius 2 is 1.86 bits per heavy atom. The largest absolute Gasteiger partial charge is 0.494 e. The number of hydrogen-bond acceptors (Lipinski definition) is 4. The number of ether oxygens (including phenoxy) is 1. The van der Waals surface area contributed by atoms with Crippen molar-refractivity contribution in [3.05, 3.63) is 65.9 Å². The minimum absolute atomic E-state index is 0.176. The second-order valence-corrected chi connectivity index (χ2v) is 6.44. The van der Waals surface area contributed by atoms with E-state index in [1.54, 1.807) is 24.4 Å². The van der Waals surface area contributed by atoms with Crippen molar-refractivity contribution in [2.24, 2.45) is 0 Å². The third kappa shape index (κ3) is 4.28. The molecule has 0 saturated carbocycles. The molecule has 6 nitrogen and oxygen atoms in total. The Morgan fingerprint density at radius 3 is 2.54 bits per heavy atom. The molecule has 28 heavy (non-hydrogen) atoms. The van der Waals surface area contributed by atoms with E-state index >= 15 is 0 Å². The van der Waals surface area contributed by atoms with Crippen molar-refractivity contribution >= 4 is 28.4 Å². The first-order chi connectivity index (χ1) is 13.5. The number of para-hydroxylation sites is 1. The second kappa shape index (κ2) is 8.52. The van der Waals surface area contributed by atoms with E-state index in [1.807, 2.05) is 44.2 Å². The highest BCUT2D eigenvalue weighted by Gasteiger charge is 2.16. The SMILES string of the molecule is CCOc1ccc([C@H](C)NC(=O)c2ccnc3c(NC(C)=O)cccc23)cc1. The van der Waals surface area contributed by atoms with Gasteiger partial charge in [-0.3, -0.25) is 14.6 Å². The minimum atomic E-state index is -0.200. The molecule has 0 aliphatic rings. The monoisotopic (exact) mass is 377 g/mol. The van der Waals surface area contributed by atoms with Crippen LogP contribution in [0.1, 0.15) is 42.7 Å². The molecule has 1 atom stereocenters. The summed E-state index contributed by atoms with van der Waals surface area (Å²) in [6, 6.07) is 14.6. The first-order valence-electron chi connectivity index (χ1n) is 9.18. The number of anilines is 1. The standard InChI is InChI=1S/C22H23N3O3/c1-4-28-17-10-8-16(9-11-17)14(2)24-22(27)19-12-13-23-21-18(19)6-5-7-20(21)25-15(3)26/h5-14H,4H2,1-3H3,(H,24,27)(H,25,26)/t14-/m0/s1. The average molecular weight is 377 g/mol. The predicted octanol–water partition coefficient (Wildman–Crippen LogP) is 4.08. The van der Waals surface area contributed by atoms with Crippen molar-refractivity contribution in [3.8, 4) is 5.75 Å². The summed E-state index contributed by atoms with van der Waals surface area (Å²) < 4.78 is 5.45. The molecule has 0 radical (unpaired) electrons. The molecule has 144 valence electrons. The van der Waals surface area contributed by atoms with Gasteiger partial charge in [-0.25, -0.2) is 0 Å². The molecule has 0 saturated heterocycles. The van der Waals surface area contributed by atoms with Gasteiger partial charge in [0, 0.05) is 18.5 Å². The number of nitrogens with zero attached hydrogens (tertiary/aromatic N) is 1. The van der Waals surface area contributed by atoms with Crippen molar-refractivity contribution in [3.63, 3.8) is 0 Å². The number of carbonyl (C=O) groups is 2. The fourth-order valence-electron chi connectivity index (χ4n) is 3.04. The summed E-state index contributed by atoms with van der Waals surface area (Å²) >= 11 is 0. The summed E-state index contributed by atoms with van der Waals surface area (Å²) in [6.45, 7) is 5.92. The molecule has 6 heteroatoms. The third-order valence-corrected chi connectivity index (χ3v) is 4.37. The molecule has 2 amide bonds. The zero-order valence-corrected chi connectivity index (χ0v) is 16.2. The van der Waals surface area contributed by atoms with Crippen LogP contribution in [-0.2, 0) is 4.79 Å². The van der Waals surface area contributed by atoms with E-state index in [-0.39, 0.29) is 17.9 Å². The maximum atomic E-state index is 12.9. The summed E-state index contributed by atoms with van der Waals surface area (Å²) in [5, 5.41) is 6.46. The molecule has 1 aromatic heterocycles. The molecule has 2 aromatic carbocycles. The van der Waals surface area contributed by atoms with Crippen LogP contribution in [0.15, 0.2) is 54.7 Å². The number of hydrogen-bond donors (Lipinski definition) is 2. The summed E-state index contributed by atoms with van der Waals surface area (Å²) in [4.78, 5) is 28.6. The summed E-state index contributed by atoms with van der Waals surface area (Å²) in [5.74, 6) is 0.414. The van der Waals surface area contributed by atoms with E-state index in [1.165, 1.54) is 6.92 Å². The van der Waals surface area contributed by atoms with Crippen LogP contribution in [0.4, 0.5) is 5.69 Å². The van der Waals surface area contributed by atoms with Crippen LogP contribution in [0.2, 0.25) is 0 Å². The number of amides is 2. The van der Waals surface area contributed by atoms with Gasteiger partial charge >= 0.3 is 0 Å². The molecule has 3 aromatic rings. The van der Waals surface area contributed by atoms with Gasteiger partial charge in [-0.2, -0.15) is 0 Å². The van der Waals surface area contributed by atoms with Crippen LogP contribution in [0, 0.1) is 0 Å². The number of pyridine rings is 1. The third-order valence-electron chi connectivity index (χ3n) is 4.37. The lowest BCUT2D eigenvalue weighted by atomic mass is 10.0. The molecule has 0 aliphatic heterocycles. The Morgan fingerprint density at radius 1 is 1.11 bits per heavy atom. The molecule has 0 spiro atoms. The smallest absolute Gasteiger partial charge is 0.252 e. The van der Waals surface area contributed by atoms with E-state index in [9.17, 15) is 9.59 Å². The van der Waals surface area contributed by atoms with Crippen molar-refractivity contribution in [1.29, 1.82) is 0 Å². The highest BCUT2D eigenvalue weighted by molar-refractivity contribution is 6.10. The fourth-order valence-corrected chi connectivity index (χ4v) is 3.04. The maximum absolute atomic E-state index is 12.9. The zero-order chi connectivity index (χ0) is 20.1. The maximum Gasteiger partial charge on any atom is 0.252 e. The van der Waals surface area contributed by atoms with Gasteiger partial charge in [0.15, 0.2) is 0 Å². The fraction of sp³-hybridized carbons (Fsp3) is 0.227. The van der Waals surface area contributed by atoms with Gasteiger partial charge in [0.05, 0.1) is 29.4 Å². The molecule has 0 aliphatic carbocycles. The van der Waals surface area contributed by atoms with Gasteiger partial charge < -0.3 is 15.4 Å². The highest BCUT2D eigenvalue weighted by Crippen LogP contribution is 2.25. The van der Waals surface area contributed by atoms with Crippen LogP contribution in [0.25, 0.3) is 10.9 Å². The number of benzene rings is 2. The van der Waals surface area contributed by atoms with Gasteiger partial charge in [-0.1, -0.05) is 24.3 Å².